The molecule has 32 heavy (non-hydrogen) atoms. The highest BCUT2D eigenvalue weighted by Gasteiger charge is 2.28. The summed E-state index contributed by atoms with van der Waals surface area (Å²) in [6, 6.07) is 8.68. The van der Waals surface area contributed by atoms with Crippen LogP contribution in [0.5, 0.6) is 0 Å². The minimum Gasteiger partial charge on any atom is -0.364 e. The van der Waals surface area contributed by atoms with Crippen molar-refractivity contribution in [3.63, 3.8) is 0 Å². The molecule has 2 aromatic rings. The standard InChI is InChI=1S/C23H33N7O2/c24-13-18-4-3-5-19(12-18)15-26-23-27-16-21(30(31)32)22(28-23)25-14-17-6-8-20(9-7-17)29-10-1-2-11-29/h3-5,12,16-17,20H,1-2,6-11,13-15,24H2,(H2,25,26,27,28). The minimum atomic E-state index is -0.429. The smallest absolute Gasteiger partial charge is 0.329 e. The van der Waals surface area contributed by atoms with Crippen molar-refractivity contribution in [3.8, 4) is 0 Å². The number of aromatic nitrogens is 2. The molecular formula is C23H33N7O2. The molecule has 0 unspecified atom stereocenters. The van der Waals surface area contributed by atoms with E-state index < -0.39 is 4.92 Å². The van der Waals surface area contributed by atoms with E-state index in [0.29, 0.717) is 31.5 Å². The topological polar surface area (TPSA) is 122 Å². The maximum Gasteiger partial charge on any atom is 0.329 e. The molecule has 2 aliphatic rings. The quantitative estimate of drug-likeness (QED) is 0.401. The monoisotopic (exact) mass is 439 g/mol. The van der Waals surface area contributed by atoms with Crippen molar-refractivity contribution in [3.05, 3.63) is 51.7 Å². The van der Waals surface area contributed by atoms with Gasteiger partial charge in [0.15, 0.2) is 0 Å². The van der Waals surface area contributed by atoms with Gasteiger partial charge in [-0.05, 0) is 68.7 Å². The van der Waals surface area contributed by atoms with Crippen LogP contribution in [0.15, 0.2) is 30.5 Å². The van der Waals surface area contributed by atoms with E-state index in [4.69, 9.17) is 5.73 Å². The molecule has 0 bridgehead atoms. The lowest BCUT2D eigenvalue weighted by Crippen LogP contribution is -2.37. The molecular weight excluding hydrogens is 406 g/mol. The molecule has 0 atom stereocenters. The summed E-state index contributed by atoms with van der Waals surface area (Å²) >= 11 is 0. The van der Waals surface area contributed by atoms with Gasteiger partial charge in [-0.1, -0.05) is 24.3 Å². The van der Waals surface area contributed by atoms with Crippen LogP contribution in [0.4, 0.5) is 17.5 Å². The zero-order chi connectivity index (χ0) is 22.3. The second kappa shape index (κ2) is 10.7. The largest absolute Gasteiger partial charge is 0.364 e. The maximum atomic E-state index is 11.5. The number of nitrogens with two attached hydrogens (primary N) is 1. The predicted octanol–water partition coefficient (Wildman–Crippen LogP) is 3.52. The summed E-state index contributed by atoms with van der Waals surface area (Å²) < 4.78 is 0. The van der Waals surface area contributed by atoms with E-state index in [0.717, 1.165) is 30.0 Å². The SMILES string of the molecule is NCc1cccc(CNc2ncc([N+](=O)[O-])c(NCC3CCC(N4CCCC4)CC3)n2)c1. The number of hydrogen-bond acceptors (Lipinski definition) is 8. The van der Waals surface area contributed by atoms with Gasteiger partial charge < -0.3 is 21.3 Å². The molecule has 1 aromatic carbocycles. The third-order valence-corrected chi connectivity index (χ3v) is 6.68. The fraction of sp³-hybridized carbons (Fsp3) is 0.565. The van der Waals surface area contributed by atoms with E-state index in [1.165, 1.54) is 45.0 Å². The molecule has 4 N–H and O–H groups in total. The van der Waals surface area contributed by atoms with Gasteiger partial charge in [-0.25, -0.2) is 4.98 Å². The third-order valence-electron chi connectivity index (χ3n) is 6.68. The molecule has 2 heterocycles. The Morgan fingerprint density at radius 3 is 2.59 bits per heavy atom. The Morgan fingerprint density at radius 2 is 1.88 bits per heavy atom. The summed E-state index contributed by atoms with van der Waals surface area (Å²) in [6.45, 7) is 4.18. The number of nitro groups is 1. The van der Waals surface area contributed by atoms with Crippen molar-refractivity contribution in [1.29, 1.82) is 0 Å². The van der Waals surface area contributed by atoms with E-state index in [1.807, 2.05) is 24.3 Å². The molecule has 1 saturated carbocycles. The normalized spacial score (nSPS) is 21.4. The summed E-state index contributed by atoms with van der Waals surface area (Å²) in [4.78, 5) is 22.2. The molecule has 2 fully saturated rings. The zero-order valence-corrected chi connectivity index (χ0v) is 18.5. The summed E-state index contributed by atoms with van der Waals surface area (Å²) in [6.07, 6.45) is 8.66. The first kappa shape index (κ1) is 22.4. The predicted molar refractivity (Wildman–Crippen MR) is 125 cm³/mol. The highest BCUT2D eigenvalue weighted by atomic mass is 16.6. The first-order valence-electron chi connectivity index (χ1n) is 11.6. The third kappa shape index (κ3) is 5.72. The van der Waals surface area contributed by atoms with Crippen LogP contribution >= 0.6 is 0 Å². The summed E-state index contributed by atoms with van der Waals surface area (Å²) in [7, 11) is 0. The number of hydrogen-bond donors (Lipinski definition) is 3. The average molecular weight is 440 g/mol. The Hall–Kier alpha value is -2.78. The number of benzene rings is 1. The van der Waals surface area contributed by atoms with Crippen LogP contribution in [-0.2, 0) is 13.1 Å². The molecule has 0 amide bonds. The molecule has 4 rings (SSSR count). The van der Waals surface area contributed by atoms with Crippen molar-refractivity contribution in [2.24, 2.45) is 11.7 Å². The van der Waals surface area contributed by atoms with Gasteiger partial charge in [-0.2, -0.15) is 4.98 Å². The number of rotatable bonds is 9. The highest BCUT2D eigenvalue weighted by molar-refractivity contribution is 5.57. The van der Waals surface area contributed by atoms with Crippen molar-refractivity contribution in [2.75, 3.05) is 30.3 Å². The molecule has 9 nitrogen and oxygen atoms in total. The van der Waals surface area contributed by atoms with Crippen molar-refractivity contribution in [2.45, 2.75) is 57.7 Å². The van der Waals surface area contributed by atoms with Gasteiger partial charge in [0.2, 0.25) is 11.8 Å². The Morgan fingerprint density at radius 1 is 1.12 bits per heavy atom. The second-order valence-corrected chi connectivity index (χ2v) is 8.86. The lowest BCUT2D eigenvalue weighted by molar-refractivity contribution is -0.384. The van der Waals surface area contributed by atoms with Crippen LogP contribution in [0.1, 0.15) is 49.7 Å². The van der Waals surface area contributed by atoms with E-state index in [2.05, 4.69) is 25.5 Å². The first-order chi connectivity index (χ1) is 15.6. The minimum absolute atomic E-state index is 0.0913. The Labute approximate surface area is 189 Å². The Balaban J connectivity index is 1.34. The molecule has 1 saturated heterocycles. The van der Waals surface area contributed by atoms with Crippen LogP contribution in [0.2, 0.25) is 0 Å². The molecule has 0 spiro atoms. The van der Waals surface area contributed by atoms with Gasteiger partial charge in [-0.3, -0.25) is 10.1 Å². The van der Waals surface area contributed by atoms with Gasteiger partial charge >= 0.3 is 5.69 Å². The molecule has 1 aromatic heterocycles. The van der Waals surface area contributed by atoms with Gasteiger partial charge in [0.25, 0.3) is 0 Å². The van der Waals surface area contributed by atoms with Crippen molar-refractivity contribution in [1.82, 2.24) is 14.9 Å². The Bertz CT molecular complexity index is 909. The molecule has 172 valence electrons. The van der Waals surface area contributed by atoms with Gasteiger partial charge in [0.1, 0.15) is 6.20 Å². The maximum absolute atomic E-state index is 11.5. The van der Waals surface area contributed by atoms with Crippen LogP contribution in [0.3, 0.4) is 0 Å². The average Bonchev–Trinajstić information content (AvgIpc) is 3.37. The fourth-order valence-electron chi connectivity index (χ4n) is 4.83. The molecule has 0 radical (unpaired) electrons. The number of anilines is 2. The van der Waals surface area contributed by atoms with Crippen molar-refractivity contribution >= 4 is 17.5 Å². The highest BCUT2D eigenvalue weighted by Crippen LogP contribution is 2.30. The summed E-state index contributed by atoms with van der Waals surface area (Å²) in [5, 5.41) is 17.9. The van der Waals surface area contributed by atoms with Gasteiger partial charge in [0.05, 0.1) is 4.92 Å². The molecule has 1 aliphatic heterocycles. The lowest BCUT2D eigenvalue weighted by atomic mass is 9.85. The summed E-state index contributed by atoms with van der Waals surface area (Å²) in [5.74, 6) is 1.16. The zero-order valence-electron chi connectivity index (χ0n) is 18.5. The van der Waals surface area contributed by atoms with Crippen LogP contribution in [0.25, 0.3) is 0 Å². The van der Waals surface area contributed by atoms with E-state index in [9.17, 15) is 10.1 Å². The second-order valence-electron chi connectivity index (χ2n) is 8.86. The van der Waals surface area contributed by atoms with E-state index >= 15 is 0 Å². The van der Waals surface area contributed by atoms with Crippen LogP contribution in [-0.4, -0.2) is 45.5 Å². The van der Waals surface area contributed by atoms with E-state index in [1.54, 1.807) is 0 Å². The van der Waals surface area contributed by atoms with E-state index in [-0.39, 0.29) is 11.5 Å². The number of likely N-dealkylation sites (tertiary alicyclic amines) is 1. The first-order valence-corrected chi connectivity index (χ1v) is 11.6. The Kier molecular flexibility index (Phi) is 7.49. The fourth-order valence-corrected chi connectivity index (χ4v) is 4.83. The number of nitrogens with zero attached hydrogens (tertiary/aromatic N) is 4. The molecule has 9 heteroatoms. The van der Waals surface area contributed by atoms with Crippen LogP contribution < -0.4 is 16.4 Å². The van der Waals surface area contributed by atoms with Gasteiger partial charge in [0, 0.05) is 25.7 Å². The lowest BCUT2D eigenvalue weighted by Gasteiger charge is -2.34. The van der Waals surface area contributed by atoms with Crippen LogP contribution in [0, 0.1) is 16.0 Å². The molecule has 1 aliphatic carbocycles. The van der Waals surface area contributed by atoms with Gasteiger partial charge in [-0.15, -0.1) is 0 Å². The summed E-state index contributed by atoms with van der Waals surface area (Å²) in [5.41, 5.74) is 7.72. The number of nitrogens with one attached hydrogen (secondary N) is 2. The van der Waals surface area contributed by atoms with Crippen molar-refractivity contribution < 1.29 is 4.92 Å².